The minimum absolute atomic E-state index is 0.242. The Hall–Kier alpha value is -0.810. The first kappa shape index (κ1) is 14.3. The molecule has 0 saturated carbocycles. The summed E-state index contributed by atoms with van der Waals surface area (Å²) >= 11 is 0. The number of nitrogens with zero attached hydrogens (tertiary/aromatic N) is 2. The van der Waals surface area contributed by atoms with Crippen LogP contribution in [0.2, 0.25) is 0 Å². The molecule has 0 atom stereocenters. The molecule has 0 spiro atoms. The van der Waals surface area contributed by atoms with Gasteiger partial charge in [0, 0.05) is 26.2 Å². The molecule has 1 fully saturated rings. The number of hydroxylamine groups is 2. The third-order valence-electron chi connectivity index (χ3n) is 2.91. The first-order valence-corrected chi connectivity index (χ1v) is 6.08. The summed E-state index contributed by atoms with van der Waals surface area (Å²) in [6.45, 7) is 7.35. The van der Waals surface area contributed by atoms with E-state index in [1.807, 2.05) is 25.8 Å². The molecule has 0 aliphatic carbocycles. The zero-order chi connectivity index (χ0) is 13.1. The molecule has 1 amide bonds. The van der Waals surface area contributed by atoms with E-state index in [-0.39, 0.29) is 12.1 Å². The summed E-state index contributed by atoms with van der Waals surface area (Å²) in [6.07, 6.45) is 1.60. The highest BCUT2D eigenvalue weighted by Crippen LogP contribution is 2.18. The molecule has 5 heteroatoms. The lowest BCUT2D eigenvalue weighted by Gasteiger charge is -2.36. The van der Waals surface area contributed by atoms with Gasteiger partial charge in [0.05, 0.1) is 7.11 Å². The lowest BCUT2D eigenvalue weighted by molar-refractivity contribution is -0.148. The molecule has 17 heavy (non-hydrogen) atoms. The topological polar surface area (TPSA) is 42.0 Å². The van der Waals surface area contributed by atoms with Crippen molar-refractivity contribution in [1.82, 2.24) is 9.96 Å². The van der Waals surface area contributed by atoms with Crippen molar-refractivity contribution < 1.29 is 14.4 Å². The van der Waals surface area contributed by atoms with E-state index in [0.717, 1.165) is 25.9 Å². The maximum absolute atomic E-state index is 11.9. The number of rotatable bonds is 2. The maximum Gasteiger partial charge on any atom is 0.410 e. The minimum Gasteiger partial charge on any atom is -0.444 e. The van der Waals surface area contributed by atoms with Crippen LogP contribution in [0, 0.1) is 0 Å². The Morgan fingerprint density at radius 3 is 2.24 bits per heavy atom. The lowest BCUT2D eigenvalue weighted by atomic mass is 10.1. The van der Waals surface area contributed by atoms with Crippen LogP contribution in [0.15, 0.2) is 0 Å². The number of hydrogen-bond acceptors (Lipinski definition) is 4. The summed E-state index contributed by atoms with van der Waals surface area (Å²) in [5.74, 6) is 0. The lowest BCUT2D eigenvalue weighted by Crippen LogP contribution is -2.46. The molecule has 5 nitrogen and oxygen atoms in total. The summed E-state index contributed by atoms with van der Waals surface area (Å²) in [4.78, 5) is 18.7. The molecular weight excluding hydrogens is 220 g/mol. The molecule has 0 aromatic heterocycles. The highest BCUT2D eigenvalue weighted by atomic mass is 16.7. The Balaban J connectivity index is 2.43. The molecule has 1 aliphatic heterocycles. The molecule has 1 heterocycles. The van der Waals surface area contributed by atoms with Crippen LogP contribution in [0.3, 0.4) is 0 Å². The molecule has 0 radical (unpaired) electrons. The van der Waals surface area contributed by atoms with Crippen LogP contribution in [-0.4, -0.2) is 54.9 Å². The second kappa shape index (κ2) is 5.69. The molecule has 1 saturated heterocycles. The first-order valence-electron chi connectivity index (χ1n) is 6.08. The number of carbonyl (C=O) groups is 1. The van der Waals surface area contributed by atoms with Crippen molar-refractivity contribution in [3.05, 3.63) is 0 Å². The normalized spacial score (nSPS) is 19.1. The van der Waals surface area contributed by atoms with Gasteiger partial charge < -0.3 is 14.5 Å². The van der Waals surface area contributed by atoms with Gasteiger partial charge in [-0.3, -0.25) is 0 Å². The molecule has 1 aliphatic rings. The predicted octanol–water partition coefficient (Wildman–Crippen LogP) is 1.88. The average Bonchev–Trinajstić information content (AvgIpc) is 2.26. The van der Waals surface area contributed by atoms with Crippen molar-refractivity contribution >= 4 is 6.09 Å². The summed E-state index contributed by atoms with van der Waals surface area (Å²) in [6, 6.07) is 0.247. The summed E-state index contributed by atoms with van der Waals surface area (Å²) in [7, 11) is 3.49. The van der Waals surface area contributed by atoms with Gasteiger partial charge in [0.25, 0.3) is 0 Å². The average molecular weight is 244 g/mol. The van der Waals surface area contributed by atoms with Gasteiger partial charge in [0.15, 0.2) is 0 Å². The Morgan fingerprint density at radius 2 is 1.82 bits per heavy atom. The summed E-state index contributed by atoms with van der Waals surface area (Å²) in [5, 5.41) is 1.92. The number of piperidine rings is 1. The smallest absolute Gasteiger partial charge is 0.410 e. The van der Waals surface area contributed by atoms with Crippen LogP contribution in [0.4, 0.5) is 4.79 Å². The van der Waals surface area contributed by atoms with Crippen molar-refractivity contribution in [1.29, 1.82) is 0 Å². The van der Waals surface area contributed by atoms with E-state index < -0.39 is 5.60 Å². The van der Waals surface area contributed by atoms with Crippen molar-refractivity contribution in [3.8, 4) is 0 Å². The minimum atomic E-state index is -0.432. The Kier molecular flexibility index (Phi) is 4.77. The Morgan fingerprint density at radius 1 is 1.29 bits per heavy atom. The number of carbonyl (C=O) groups excluding carboxylic acids is 1. The van der Waals surface area contributed by atoms with Gasteiger partial charge in [-0.15, -0.1) is 0 Å². The van der Waals surface area contributed by atoms with E-state index in [4.69, 9.17) is 9.57 Å². The Bertz CT molecular complexity index is 255. The van der Waals surface area contributed by atoms with Gasteiger partial charge in [0.1, 0.15) is 5.60 Å². The van der Waals surface area contributed by atoms with Crippen molar-refractivity contribution in [2.45, 2.75) is 45.3 Å². The van der Waals surface area contributed by atoms with Crippen LogP contribution < -0.4 is 0 Å². The van der Waals surface area contributed by atoms with Gasteiger partial charge in [0.2, 0.25) is 0 Å². The molecule has 1 rings (SSSR count). The largest absolute Gasteiger partial charge is 0.444 e. The molecule has 0 N–H and O–H groups in total. The predicted molar refractivity (Wildman–Crippen MR) is 65.6 cm³/mol. The van der Waals surface area contributed by atoms with E-state index in [9.17, 15) is 4.79 Å². The van der Waals surface area contributed by atoms with Crippen molar-refractivity contribution in [2.75, 3.05) is 27.2 Å². The fourth-order valence-electron chi connectivity index (χ4n) is 1.90. The maximum atomic E-state index is 11.9. The third-order valence-corrected chi connectivity index (χ3v) is 2.91. The fourth-order valence-corrected chi connectivity index (χ4v) is 1.90. The highest BCUT2D eigenvalue weighted by molar-refractivity contribution is 5.68. The van der Waals surface area contributed by atoms with E-state index in [0.29, 0.717) is 0 Å². The number of amides is 1. The van der Waals surface area contributed by atoms with Gasteiger partial charge in [-0.2, -0.15) is 5.06 Å². The van der Waals surface area contributed by atoms with E-state index >= 15 is 0 Å². The van der Waals surface area contributed by atoms with Gasteiger partial charge in [-0.1, -0.05) is 0 Å². The summed E-state index contributed by atoms with van der Waals surface area (Å²) in [5.41, 5.74) is -0.432. The van der Waals surface area contributed by atoms with Crippen LogP contribution in [0.1, 0.15) is 33.6 Å². The van der Waals surface area contributed by atoms with Crippen molar-refractivity contribution in [3.63, 3.8) is 0 Å². The summed E-state index contributed by atoms with van der Waals surface area (Å²) < 4.78 is 5.35. The SMILES string of the molecule is CON1CCC(N(C)C(=O)OC(C)(C)C)CC1. The van der Waals surface area contributed by atoms with Crippen LogP contribution >= 0.6 is 0 Å². The standard InChI is InChI=1S/C12H24N2O3/c1-12(2,3)17-11(15)13(4)10-6-8-14(16-5)9-7-10/h10H,6-9H2,1-5H3. The molecule has 0 bridgehead atoms. The van der Waals surface area contributed by atoms with E-state index in [1.54, 1.807) is 19.1 Å². The quantitative estimate of drug-likeness (QED) is 0.744. The van der Waals surface area contributed by atoms with Crippen LogP contribution in [-0.2, 0) is 9.57 Å². The number of ether oxygens (including phenoxy) is 1. The second-order valence-electron chi connectivity index (χ2n) is 5.43. The monoisotopic (exact) mass is 244 g/mol. The molecule has 0 unspecified atom stereocenters. The van der Waals surface area contributed by atoms with Crippen molar-refractivity contribution in [2.24, 2.45) is 0 Å². The fraction of sp³-hybridized carbons (Fsp3) is 0.917. The van der Waals surface area contributed by atoms with E-state index in [2.05, 4.69) is 0 Å². The highest BCUT2D eigenvalue weighted by Gasteiger charge is 2.28. The number of hydrogen-bond donors (Lipinski definition) is 0. The second-order valence-corrected chi connectivity index (χ2v) is 5.43. The Labute approximate surface area is 104 Å². The van der Waals surface area contributed by atoms with Gasteiger partial charge in [-0.25, -0.2) is 4.79 Å². The first-order chi connectivity index (χ1) is 7.83. The molecule has 100 valence electrons. The van der Waals surface area contributed by atoms with E-state index in [1.165, 1.54) is 0 Å². The van der Waals surface area contributed by atoms with Gasteiger partial charge in [-0.05, 0) is 33.6 Å². The van der Waals surface area contributed by atoms with Crippen LogP contribution in [0.5, 0.6) is 0 Å². The van der Waals surface area contributed by atoms with Gasteiger partial charge >= 0.3 is 6.09 Å². The molecule has 0 aromatic rings. The third kappa shape index (κ3) is 4.52. The van der Waals surface area contributed by atoms with Crippen LogP contribution in [0.25, 0.3) is 0 Å². The molecular formula is C12H24N2O3. The molecule has 0 aromatic carbocycles. The zero-order valence-electron chi connectivity index (χ0n) is 11.5. The zero-order valence-corrected chi connectivity index (χ0v) is 11.5.